The van der Waals surface area contributed by atoms with Crippen LogP contribution in [0.5, 0.6) is 0 Å². The van der Waals surface area contributed by atoms with Crippen molar-refractivity contribution in [2.45, 2.75) is 31.1 Å². The quantitative estimate of drug-likeness (QED) is 0.812. The average Bonchev–Trinajstić information content (AvgIpc) is 2.43. The summed E-state index contributed by atoms with van der Waals surface area (Å²) in [6.45, 7) is 0.0632. The second-order valence-electron chi connectivity index (χ2n) is 4.48. The van der Waals surface area contributed by atoms with Gasteiger partial charge in [-0.2, -0.15) is 5.26 Å². The number of hydrogen-bond donors (Lipinski definition) is 2. The van der Waals surface area contributed by atoms with Crippen molar-refractivity contribution in [3.63, 3.8) is 0 Å². The first kappa shape index (κ1) is 16.3. The molecule has 0 saturated carbocycles. The molecule has 0 aliphatic carbocycles. The van der Waals surface area contributed by atoms with Crippen molar-refractivity contribution in [3.05, 3.63) is 33.8 Å². The van der Waals surface area contributed by atoms with E-state index in [1.807, 2.05) is 0 Å². The molecule has 1 aromatic carbocycles. The Balaban J connectivity index is 3.12. The van der Waals surface area contributed by atoms with E-state index < -0.39 is 5.41 Å². The zero-order chi connectivity index (χ0) is 14.3. The van der Waals surface area contributed by atoms with Crippen molar-refractivity contribution in [2.24, 2.45) is 0 Å². The predicted octanol–water partition coefficient (Wildman–Crippen LogP) is 3.30. The zero-order valence-electron chi connectivity index (χ0n) is 10.6. The van der Waals surface area contributed by atoms with Crippen molar-refractivity contribution >= 4 is 23.2 Å². The minimum atomic E-state index is -0.736. The first-order chi connectivity index (χ1) is 9.09. The maximum Gasteiger partial charge on any atom is 0.0824 e. The van der Waals surface area contributed by atoms with E-state index in [0.29, 0.717) is 35.7 Å². The lowest BCUT2D eigenvalue weighted by Gasteiger charge is -2.27. The Labute approximate surface area is 123 Å². The second kappa shape index (κ2) is 7.72. The fraction of sp³-hybridized carbons (Fsp3) is 0.500. The molecular weight excluding hydrogens is 285 g/mol. The van der Waals surface area contributed by atoms with Crippen LogP contribution in [-0.2, 0) is 5.41 Å². The lowest BCUT2D eigenvalue weighted by molar-refractivity contribution is 0.250. The third kappa shape index (κ3) is 4.09. The molecule has 3 nitrogen and oxygen atoms in total. The van der Waals surface area contributed by atoms with E-state index in [9.17, 15) is 5.26 Å². The number of hydrogen-bond acceptors (Lipinski definition) is 3. The molecule has 5 heteroatoms. The van der Waals surface area contributed by atoms with E-state index >= 15 is 0 Å². The van der Waals surface area contributed by atoms with E-state index in [1.165, 1.54) is 0 Å². The lowest BCUT2D eigenvalue weighted by atomic mass is 9.74. The van der Waals surface area contributed by atoms with Crippen LogP contribution in [0.2, 0.25) is 10.0 Å². The van der Waals surface area contributed by atoms with Gasteiger partial charge in [-0.25, -0.2) is 0 Å². The maximum absolute atomic E-state index is 9.55. The molecule has 0 fully saturated rings. The summed E-state index contributed by atoms with van der Waals surface area (Å²) in [6, 6.07) is 7.47. The molecule has 0 aromatic heterocycles. The highest BCUT2D eigenvalue weighted by molar-refractivity contribution is 6.42. The third-order valence-corrected chi connectivity index (χ3v) is 3.95. The molecule has 19 heavy (non-hydrogen) atoms. The number of aliphatic hydroxyl groups excluding tert-OH is 2. The SMILES string of the molecule is N#CC(CCCO)(CCCO)c1ccc(Cl)c(Cl)c1. The molecule has 1 aromatic rings. The van der Waals surface area contributed by atoms with Crippen molar-refractivity contribution in [3.8, 4) is 6.07 Å². The van der Waals surface area contributed by atoms with E-state index in [1.54, 1.807) is 18.2 Å². The molecule has 0 heterocycles. The summed E-state index contributed by atoms with van der Waals surface area (Å²) < 4.78 is 0. The Morgan fingerprint density at radius 1 is 1.05 bits per heavy atom. The van der Waals surface area contributed by atoms with Crippen LogP contribution in [-0.4, -0.2) is 23.4 Å². The molecule has 2 N–H and O–H groups in total. The highest BCUT2D eigenvalue weighted by atomic mass is 35.5. The van der Waals surface area contributed by atoms with Gasteiger partial charge in [0.05, 0.1) is 21.5 Å². The summed E-state index contributed by atoms with van der Waals surface area (Å²) in [4.78, 5) is 0. The van der Waals surface area contributed by atoms with Gasteiger partial charge in [0.1, 0.15) is 0 Å². The van der Waals surface area contributed by atoms with Gasteiger partial charge < -0.3 is 10.2 Å². The lowest BCUT2D eigenvalue weighted by Crippen LogP contribution is -2.25. The van der Waals surface area contributed by atoms with Crippen molar-refractivity contribution in [2.75, 3.05) is 13.2 Å². The van der Waals surface area contributed by atoms with Crippen LogP contribution >= 0.6 is 23.2 Å². The largest absolute Gasteiger partial charge is 0.396 e. The van der Waals surface area contributed by atoms with Crippen LogP contribution in [0.15, 0.2) is 18.2 Å². The minimum Gasteiger partial charge on any atom is -0.396 e. The first-order valence-corrected chi connectivity index (χ1v) is 6.94. The highest BCUT2D eigenvalue weighted by Gasteiger charge is 2.31. The number of aliphatic hydroxyl groups is 2. The zero-order valence-corrected chi connectivity index (χ0v) is 12.1. The van der Waals surface area contributed by atoms with E-state index in [0.717, 1.165) is 5.56 Å². The Morgan fingerprint density at radius 3 is 2.05 bits per heavy atom. The molecule has 104 valence electrons. The number of nitriles is 1. The first-order valence-electron chi connectivity index (χ1n) is 6.18. The molecule has 0 aliphatic heterocycles. The van der Waals surface area contributed by atoms with Gasteiger partial charge in [-0.1, -0.05) is 29.3 Å². The van der Waals surface area contributed by atoms with Gasteiger partial charge in [-0.3, -0.25) is 0 Å². The van der Waals surface area contributed by atoms with Gasteiger partial charge >= 0.3 is 0 Å². The van der Waals surface area contributed by atoms with Crippen LogP contribution in [0.1, 0.15) is 31.2 Å². The van der Waals surface area contributed by atoms with Gasteiger partial charge in [0.25, 0.3) is 0 Å². The number of benzene rings is 1. The van der Waals surface area contributed by atoms with Crippen LogP contribution in [0.3, 0.4) is 0 Å². The van der Waals surface area contributed by atoms with Crippen LogP contribution in [0, 0.1) is 11.3 Å². The molecule has 0 aliphatic rings. The molecule has 0 bridgehead atoms. The van der Waals surface area contributed by atoms with E-state index in [4.69, 9.17) is 33.4 Å². The van der Waals surface area contributed by atoms with Crippen LogP contribution in [0.4, 0.5) is 0 Å². The minimum absolute atomic E-state index is 0.0316. The molecule has 0 saturated heterocycles. The maximum atomic E-state index is 9.55. The van der Waals surface area contributed by atoms with Gasteiger partial charge in [-0.15, -0.1) is 0 Å². The van der Waals surface area contributed by atoms with Crippen LogP contribution in [0.25, 0.3) is 0 Å². The summed E-state index contributed by atoms with van der Waals surface area (Å²) in [7, 11) is 0. The number of halogens is 2. The number of rotatable bonds is 7. The molecule has 0 radical (unpaired) electrons. The molecule has 0 amide bonds. The fourth-order valence-electron chi connectivity index (χ4n) is 2.15. The second-order valence-corrected chi connectivity index (χ2v) is 5.29. The summed E-state index contributed by atoms with van der Waals surface area (Å²) in [6.07, 6.45) is 2.11. The fourth-order valence-corrected chi connectivity index (χ4v) is 2.44. The monoisotopic (exact) mass is 301 g/mol. The molecule has 0 spiro atoms. The van der Waals surface area contributed by atoms with Crippen LogP contribution < -0.4 is 0 Å². The molecule has 1 rings (SSSR count). The highest BCUT2D eigenvalue weighted by Crippen LogP contribution is 2.36. The van der Waals surface area contributed by atoms with Gasteiger partial charge in [0.15, 0.2) is 0 Å². The van der Waals surface area contributed by atoms with Crippen molar-refractivity contribution in [1.82, 2.24) is 0 Å². The van der Waals surface area contributed by atoms with E-state index in [-0.39, 0.29) is 13.2 Å². The normalized spacial score (nSPS) is 11.3. The van der Waals surface area contributed by atoms with Crippen molar-refractivity contribution < 1.29 is 10.2 Å². The Kier molecular flexibility index (Phi) is 6.60. The standard InChI is InChI=1S/C14H17Cl2NO2/c15-12-4-3-11(9-13(12)16)14(10-17,5-1-7-18)6-2-8-19/h3-4,9,18-19H,1-2,5-8H2. The van der Waals surface area contributed by atoms with E-state index in [2.05, 4.69) is 6.07 Å². The Hall–Kier alpha value is -0.790. The summed E-state index contributed by atoms with van der Waals surface area (Å²) in [5.74, 6) is 0. The number of nitrogens with zero attached hydrogens (tertiary/aromatic N) is 1. The topological polar surface area (TPSA) is 64.2 Å². The van der Waals surface area contributed by atoms with Gasteiger partial charge in [0, 0.05) is 13.2 Å². The van der Waals surface area contributed by atoms with Crippen molar-refractivity contribution in [1.29, 1.82) is 5.26 Å². The summed E-state index contributed by atoms with van der Waals surface area (Å²) in [5, 5.41) is 28.4. The third-order valence-electron chi connectivity index (χ3n) is 3.21. The summed E-state index contributed by atoms with van der Waals surface area (Å²) in [5.41, 5.74) is 0.0472. The predicted molar refractivity (Wildman–Crippen MR) is 76.4 cm³/mol. The molecule has 0 atom stereocenters. The average molecular weight is 302 g/mol. The molecular formula is C14H17Cl2NO2. The Morgan fingerprint density at radius 2 is 1.63 bits per heavy atom. The van der Waals surface area contributed by atoms with Gasteiger partial charge in [-0.05, 0) is 43.4 Å². The van der Waals surface area contributed by atoms with Gasteiger partial charge in [0.2, 0.25) is 0 Å². The molecule has 0 unspecified atom stereocenters. The summed E-state index contributed by atoms with van der Waals surface area (Å²) >= 11 is 11.9. The Bertz CT molecular complexity index is 449. The smallest absolute Gasteiger partial charge is 0.0824 e.